The first-order chi connectivity index (χ1) is 9.45. The van der Waals surface area contributed by atoms with E-state index in [4.69, 9.17) is 4.74 Å². The molecular weight excluding hydrogens is 252 g/mol. The van der Waals surface area contributed by atoms with E-state index >= 15 is 0 Å². The second kappa shape index (κ2) is 6.27. The zero-order chi connectivity index (χ0) is 14.6. The van der Waals surface area contributed by atoms with Crippen LogP contribution in [0.15, 0.2) is 24.3 Å². The Hall–Kier alpha value is -1.55. The SMILES string of the molecule is CC(C)(C)c1ccc(NC(=O)NCC2CCCO2)cc1. The van der Waals surface area contributed by atoms with Crippen LogP contribution in [0.3, 0.4) is 0 Å². The van der Waals surface area contributed by atoms with Crippen molar-refractivity contribution >= 4 is 11.7 Å². The molecule has 0 saturated carbocycles. The summed E-state index contributed by atoms with van der Waals surface area (Å²) in [5, 5.41) is 5.68. The molecule has 1 aromatic carbocycles. The van der Waals surface area contributed by atoms with Gasteiger partial charge in [-0.15, -0.1) is 0 Å². The van der Waals surface area contributed by atoms with Crippen molar-refractivity contribution in [1.82, 2.24) is 5.32 Å². The fourth-order valence-corrected chi connectivity index (χ4v) is 2.24. The number of ether oxygens (including phenoxy) is 1. The lowest BCUT2D eigenvalue weighted by atomic mass is 9.87. The maximum absolute atomic E-state index is 11.8. The summed E-state index contributed by atoms with van der Waals surface area (Å²) in [4.78, 5) is 11.8. The Morgan fingerprint density at radius 1 is 1.30 bits per heavy atom. The lowest BCUT2D eigenvalue weighted by molar-refractivity contribution is 0.112. The van der Waals surface area contributed by atoms with E-state index in [-0.39, 0.29) is 17.6 Å². The van der Waals surface area contributed by atoms with E-state index in [1.54, 1.807) is 0 Å². The molecule has 1 fully saturated rings. The van der Waals surface area contributed by atoms with Gasteiger partial charge in [0, 0.05) is 18.8 Å². The minimum absolute atomic E-state index is 0.126. The number of urea groups is 1. The zero-order valence-electron chi connectivity index (χ0n) is 12.5. The fourth-order valence-electron chi connectivity index (χ4n) is 2.24. The average molecular weight is 276 g/mol. The van der Waals surface area contributed by atoms with Gasteiger partial charge < -0.3 is 15.4 Å². The minimum Gasteiger partial charge on any atom is -0.376 e. The molecule has 0 bridgehead atoms. The van der Waals surface area contributed by atoms with Crippen molar-refractivity contribution in [2.45, 2.75) is 45.1 Å². The van der Waals surface area contributed by atoms with Crippen molar-refractivity contribution in [1.29, 1.82) is 0 Å². The summed E-state index contributed by atoms with van der Waals surface area (Å²) in [5.74, 6) is 0. The number of carbonyl (C=O) groups excluding carboxylic acids is 1. The molecule has 0 radical (unpaired) electrons. The molecule has 2 amide bonds. The molecule has 1 heterocycles. The van der Waals surface area contributed by atoms with E-state index in [0.29, 0.717) is 6.54 Å². The predicted octanol–water partition coefficient (Wildman–Crippen LogP) is 3.28. The van der Waals surface area contributed by atoms with E-state index in [2.05, 4.69) is 43.5 Å². The summed E-state index contributed by atoms with van der Waals surface area (Å²) in [7, 11) is 0. The van der Waals surface area contributed by atoms with Gasteiger partial charge in [0.15, 0.2) is 0 Å². The Balaban J connectivity index is 1.81. The lowest BCUT2D eigenvalue weighted by Gasteiger charge is -2.19. The normalized spacial score (nSPS) is 18.9. The summed E-state index contributed by atoms with van der Waals surface area (Å²) in [6, 6.07) is 7.80. The Morgan fingerprint density at radius 3 is 2.55 bits per heavy atom. The number of amides is 2. The molecule has 1 aromatic rings. The first-order valence-electron chi connectivity index (χ1n) is 7.22. The van der Waals surface area contributed by atoms with Crippen molar-refractivity contribution in [3.63, 3.8) is 0 Å². The summed E-state index contributed by atoms with van der Waals surface area (Å²) in [6.07, 6.45) is 2.28. The van der Waals surface area contributed by atoms with Gasteiger partial charge in [-0.1, -0.05) is 32.9 Å². The van der Waals surface area contributed by atoms with Crippen LogP contribution in [0.5, 0.6) is 0 Å². The molecule has 0 spiro atoms. The summed E-state index contributed by atoms with van der Waals surface area (Å²) >= 11 is 0. The lowest BCUT2D eigenvalue weighted by Crippen LogP contribution is -2.35. The van der Waals surface area contributed by atoms with Gasteiger partial charge in [0.25, 0.3) is 0 Å². The zero-order valence-corrected chi connectivity index (χ0v) is 12.5. The Kier molecular flexibility index (Phi) is 4.65. The first kappa shape index (κ1) is 14.9. The highest BCUT2D eigenvalue weighted by molar-refractivity contribution is 5.89. The largest absolute Gasteiger partial charge is 0.376 e. The minimum atomic E-state index is -0.177. The van der Waals surface area contributed by atoms with E-state index in [1.165, 1.54) is 5.56 Å². The summed E-state index contributed by atoms with van der Waals surface area (Å²) < 4.78 is 5.46. The third-order valence-electron chi connectivity index (χ3n) is 3.52. The number of benzene rings is 1. The van der Waals surface area contributed by atoms with Crippen LogP contribution in [0, 0.1) is 0 Å². The highest BCUT2D eigenvalue weighted by Crippen LogP contribution is 2.23. The number of nitrogens with one attached hydrogen (secondary N) is 2. The Bertz CT molecular complexity index is 443. The summed E-state index contributed by atoms with van der Waals surface area (Å²) in [6.45, 7) is 7.89. The molecule has 0 aliphatic carbocycles. The molecule has 1 saturated heterocycles. The van der Waals surface area contributed by atoms with E-state index in [0.717, 1.165) is 25.1 Å². The number of carbonyl (C=O) groups is 1. The van der Waals surface area contributed by atoms with Crippen LogP contribution < -0.4 is 10.6 Å². The number of anilines is 1. The molecule has 20 heavy (non-hydrogen) atoms. The molecule has 0 aromatic heterocycles. The van der Waals surface area contributed by atoms with Gasteiger partial charge in [0.1, 0.15) is 0 Å². The van der Waals surface area contributed by atoms with E-state index < -0.39 is 0 Å². The molecule has 1 aliphatic rings. The van der Waals surface area contributed by atoms with E-state index in [1.807, 2.05) is 12.1 Å². The van der Waals surface area contributed by atoms with Crippen LogP contribution >= 0.6 is 0 Å². The molecular formula is C16H24N2O2. The highest BCUT2D eigenvalue weighted by atomic mass is 16.5. The molecule has 2 N–H and O–H groups in total. The molecule has 110 valence electrons. The summed E-state index contributed by atoms with van der Waals surface area (Å²) in [5.41, 5.74) is 2.19. The topological polar surface area (TPSA) is 50.4 Å². The Labute approximate surface area is 120 Å². The molecule has 1 unspecified atom stereocenters. The number of hydrogen-bond donors (Lipinski definition) is 2. The van der Waals surface area contributed by atoms with Crippen molar-refractivity contribution < 1.29 is 9.53 Å². The molecule has 4 heteroatoms. The van der Waals surface area contributed by atoms with Crippen LogP contribution in [-0.4, -0.2) is 25.3 Å². The van der Waals surface area contributed by atoms with Crippen molar-refractivity contribution in [3.8, 4) is 0 Å². The highest BCUT2D eigenvalue weighted by Gasteiger charge is 2.16. The standard InChI is InChI=1S/C16H24N2O2/c1-16(2,3)12-6-8-13(9-7-12)18-15(19)17-11-14-5-4-10-20-14/h6-9,14H,4-5,10-11H2,1-3H3,(H2,17,18,19). The van der Waals surface area contributed by atoms with Gasteiger partial charge in [-0.2, -0.15) is 0 Å². The van der Waals surface area contributed by atoms with Gasteiger partial charge >= 0.3 is 6.03 Å². The second-order valence-electron chi connectivity index (χ2n) is 6.30. The monoisotopic (exact) mass is 276 g/mol. The third-order valence-corrected chi connectivity index (χ3v) is 3.52. The van der Waals surface area contributed by atoms with Crippen LogP contribution in [-0.2, 0) is 10.2 Å². The van der Waals surface area contributed by atoms with Gasteiger partial charge in [0.2, 0.25) is 0 Å². The quantitative estimate of drug-likeness (QED) is 0.890. The molecule has 2 rings (SSSR count). The van der Waals surface area contributed by atoms with E-state index in [9.17, 15) is 4.79 Å². The van der Waals surface area contributed by atoms with Gasteiger partial charge in [-0.25, -0.2) is 4.79 Å². The molecule has 1 aliphatic heterocycles. The van der Waals surface area contributed by atoms with Crippen molar-refractivity contribution in [2.24, 2.45) is 0 Å². The second-order valence-corrected chi connectivity index (χ2v) is 6.30. The van der Waals surface area contributed by atoms with Crippen LogP contribution in [0.2, 0.25) is 0 Å². The first-order valence-corrected chi connectivity index (χ1v) is 7.22. The van der Waals surface area contributed by atoms with Crippen LogP contribution in [0.1, 0.15) is 39.2 Å². The fraction of sp³-hybridized carbons (Fsp3) is 0.562. The average Bonchev–Trinajstić information content (AvgIpc) is 2.89. The van der Waals surface area contributed by atoms with Crippen LogP contribution in [0.25, 0.3) is 0 Å². The molecule has 1 atom stereocenters. The van der Waals surface area contributed by atoms with Crippen molar-refractivity contribution in [2.75, 3.05) is 18.5 Å². The maximum atomic E-state index is 11.8. The maximum Gasteiger partial charge on any atom is 0.319 e. The van der Waals surface area contributed by atoms with Gasteiger partial charge in [-0.05, 0) is 36.0 Å². The smallest absolute Gasteiger partial charge is 0.319 e. The van der Waals surface area contributed by atoms with Gasteiger partial charge in [0.05, 0.1) is 6.10 Å². The number of hydrogen-bond acceptors (Lipinski definition) is 2. The molecule has 4 nitrogen and oxygen atoms in total. The predicted molar refractivity (Wildman–Crippen MR) is 81.1 cm³/mol. The Morgan fingerprint density at radius 2 is 2.00 bits per heavy atom. The third kappa shape index (κ3) is 4.23. The van der Waals surface area contributed by atoms with Crippen LogP contribution in [0.4, 0.5) is 10.5 Å². The van der Waals surface area contributed by atoms with Gasteiger partial charge in [-0.3, -0.25) is 0 Å². The van der Waals surface area contributed by atoms with Crippen molar-refractivity contribution in [3.05, 3.63) is 29.8 Å². The number of rotatable bonds is 3.